The van der Waals surface area contributed by atoms with Gasteiger partial charge in [0, 0.05) is 23.5 Å². The highest BCUT2D eigenvalue weighted by molar-refractivity contribution is 5.81. The molecule has 4 heteroatoms. The van der Waals surface area contributed by atoms with Crippen LogP contribution in [0, 0.1) is 34.5 Å². The van der Waals surface area contributed by atoms with Crippen molar-refractivity contribution in [3.63, 3.8) is 0 Å². The lowest BCUT2D eigenvalue weighted by Crippen LogP contribution is -2.54. The Morgan fingerprint density at radius 2 is 1.70 bits per heavy atom. The van der Waals surface area contributed by atoms with E-state index >= 15 is 0 Å². The number of rotatable bonds is 5. The van der Waals surface area contributed by atoms with Crippen LogP contribution in [-0.2, 0) is 16.0 Å². The molecule has 2 aromatic carbocycles. The third kappa shape index (κ3) is 4.23. The van der Waals surface area contributed by atoms with Crippen LogP contribution in [0.2, 0.25) is 0 Å². The molecule has 6 rings (SSSR count). The molecule has 2 aromatic rings. The number of hydrogen-bond donors (Lipinski definition) is 2. The van der Waals surface area contributed by atoms with Gasteiger partial charge in [0.25, 0.3) is 0 Å². The Morgan fingerprint density at radius 1 is 0.973 bits per heavy atom. The van der Waals surface area contributed by atoms with E-state index in [0.717, 1.165) is 44.9 Å². The van der Waals surface area contributed by atoms with E-state index in [9.17, 15) is 9.59 Å². The number of amides is 2. The van der Waals surface area contributed by atoms with Crippen LogP contribution in [0.4, 0.5) is 0 Å². The molecular formula is C33H40N2O2. The highest BCUT2D eigenvalue weighted by atomic mass is 16.2. The molecule has 37 heavy (non-hydrogen) atoms. The number of carbonyl (C=O) groups is 2. The third-order valence-electron chi connectivity index (χ3n) is 10.7. The first-order chi connectivity index (χ1) is 17.9. The van der Waals surface area contributed by atoms with E-state index in [2.05, 4.69) is 79.1 Å². The maximum Gasteiger partial charge on any atom is 0.224 e. The molecule has 4 aliphatic rings. The molecule has 0 unspecified atom stereocenters. The summed E-state index contributed by atoms with van der Waals surface area (Å²) in [7, 11) is 0. The van der Waals surface area contributed by atoms with Crippen LogP contribution in [0.3, 0.4) is 0 Å². The third-order valence-corrected chi connectivity index (χ3v) is 10.7. The summed E-state index contributed by atoms with van der Waals surface area (Å²) in [5, 5.41) is 6.72. The maximum atomic E-state index is 14.0. The molecule has 194 valence electrons. The summed E-state index contributed by atoms with van der Waals surface area (Å²) in [6.07, 6.45) is 10.1. The second kappa shape index (κ2) is 9.45. The number of nitrogens with one attached hydrogen (secondary N) is 2. The normalized spacial score (nSPS) is 35.3. The summed E-state index contributed by atoms with van der Waals surface area (Å²) in [5.41, 5.74) is 3.70. The predicted octanol–water partition coefficient (Wildman–Crippen LogP) is 6.35. The van der Waals surface area contributed by atoms with Crippen molar-refractivity contribution in [2.24, 2.45) is 34.5 Å². The summed E-state index contributed by atoms with van der Waals surface area (Å²) in [5.74, 6) is 2.24. The van der Waals surface area contributed by atoms with Crippen LogP contribution in [-0.4, -0.2) is 11.8 Å². The van der Waals surface area contributed by atoms with Gasteiger partial charge in [-0.05, 0) is 79.2 Å². The highest BCUT2D eigenvalue weighted by Crippen LogP contribution is 2.65. The fourth-order valence-corrected chi connectivity index (χ4v) is 8.68. The van der Waals surface area contributed by atoms with Gasteiger partial charge >= 0.3 is 0 Å². The number of piperidine rings is 1. The molecule has 1 heterocycles. The molecule has 7 atom stereocenters. The molecule has 2 amide bonds. The molecule has 1 aliphatic heterocycles. The Hall–Kier alpha value is -2.88. The Balaban J connectivity index is 1.22. The van der Waals surface area contributed by atoms with Crippen LogP contribution in [0.1, 0.15) is 76.0 Å². The van der Waals surface area contributed by atoms with Crippen molar-refractivity contribution in [2.45, 2.75) is 71.3 Å². The van der Waals surface area contributed by atoms with Crippen LogP contribution >= 0.6 is 0 Å². The van der Waals surface area contributed by atoms with E-state index in [-0.39, 0.29) is 34.6 Å². The second-order valence-corrected chi connectivity index (χ2v) is 12.5. The van der Waals surface area contributed by atoms with Gasteiger partial charge in [-0.1, -0.05) is 80.6 Å². The first-order valence-electron chi connectivity index (χ1n) is 14.3. The highest BCUT2D eigenvalue weighted by Gasteiger charge is 2.60. The van der Waals surface area contributed by atoms with Crippen molar-refractivity contribution < 1.29 is 9.59 Å². The summed E-state index contributed by atoms with van der Waals surface area (Å²) < 4.78 is 0. The minimum atomic E-state index is -0.0278. The maximum absolute atomic E-state index is 14.0. The topological polar surface area (TPSA) is 58.2 Å². The fourth-order valence-electron chi connectivity index (χ4n) is 8.68. The van der Waals surface area contributed by atoms with Gasteiger partial charge in [0.2, 0.25) is 11.8 Å². The molecule has 1 saturated heterocycles. The molecule has 3 aliphatic carbocycles. The molecule has 4 nitrogen and oxygen atoms in total. The molecule has 0 radical (unpaired) electrons. The fraction of sp³-hybridized carbons (Fsp3) is 0.515. The lowest BCUT2D eigenvalue weighted by atomic mass is 9.49. The molecule has 0 spiro atoms. The first-order valence-corrected chi connectivity index (χ1v) is 14.3. The number of benzene rings is 2. The van der Waals surface area contributed by atoms with Gasteiger partial charge < -0.3 is 10.6 Å². The van der Waals surface area contributed by atoms with Crippen molar-refractivity contribution in [3.05, 3.63) is 83.6 Å². The van der Waals surface area contributed by atoms with Gasteiger partial charge in [0.05, 0.1) is 6.04 Å². The minimum absolute atomic E-state index is 0.0278. The number of allylic oxidation sites excluding steroid dienone is 2. The monoisotopic (exact) mass is 496 g/mol. The van der Waals surface area contributed by atoms with E-state index in [1.807, 2.05) is 12.1 Å². The lowest BCUT2D eigenvalue weighted by molar-refractivity contribution is -0.133. The zero-order valence-corrected chi connectivity index (χ0v) is 22.2. The average molecular weight is 497 g/mol. The van der Waals surface area contributed by atoms with Crippen molar-refractivity contribution in [3.8, 4) is 0 Å². The summed E-state index contributed by atoms with van der Waals surface area (Å²) in [6.45, 7) is 4.79. The largest absolute Gasteiger partial charge is 0.349 e. The van der Waals surface area contributed by atoms with Gasteiger partial charge in [-0.25, -0.2) is 0 Å². The van der Waals surface area contributed by atoms with Crippen LogP contribution in [0.5, 0.6) is 0 Å². The second-order valence-electron chi connectivity index (χ2n) is 12.5. The van der Waals surface area contributed by atoms with Crippen LogP contribution in [0.25, 0.3) is 0 Å². The molecule has 2 saturated carbocycles. The SMILES string of the molecule is C[C@]12CC[C@H]3[C@@H](CC=C4NC(=O)CC[C@@]43C)[C@@H]1CC[C@@H]2C(=O)N[C@H](Cc1ccccc1)c1ccccc1. The van der Waals surface area contributed by atoms with Gasteiger partial charge in [-0.15, -0.1) is 0 Å². The van der Waals surface area contributed by atoms with E-state index in [1.54, 1.807) is 0 Å². The lowest BCUT2D eigenvalue weighted by Gasteiger charge is -2.57. The number of fused-ring (bicyclic) bond motifs is 5. The van der Waals surface area contributed by atoms with Crippen molar-refractivity contribution in [2.75, 3.05) is 0 Å². The predicted molar refractivity (Wildman–Crippen MR) is 146 cm³/mol. The summed E-state index contributed by atoms with van der Waals surface area (Å²) in [6, 6.07) is 20.9. The molecular weight excluding hydrogens is 456 g/mol. The van der Waals surface area contributed by atoms with Crippen LogP contribution < -0.4 is 10.6 Å². The standard InChI is InChI=1S/C33H40N2O2/c1-32-19-17-26-24(13-16-29-33(26,2)20-18-30(36)35-29)25(32)14-15-27(32)31(37)34-28(23-11-7-4-8-12-23)21-22-9-5-3-6-10-22/h3-12,16,24-28H,13-15,17-21H2,1-2H3,(H,34,37)(H,35,36)/t24-,25-,26-,27+,28+,32-,33+/m0/s1. The van der Waals surface area contributed by atoms with E-state index in [1.165, 1.54) is 16.8 Å². The minimum Gasteiger partial charge on any atom is -0.349 e. The van der Waals surface area contributed by atoms with Gasteiger partial charge in [-0.3, -0.25) is 9.59 Å². The quantitative estimate of drug-likeness (QED) is 0.507. The average Bonchev–Trinajstić information content (AvgIpc) is 3.27. The van der Waals surface area contributed by atoms with E-state index in [0.29, 0.717) is 24.2 Å². The van der Waals surface area contributed by atoms with Crippen molar-refractivity contribution in [1.29, 1.82) is 0 Å². The van der Waals surface area contributed by atoms with E-state index in [4.69, 9.17) is 0 Å². The first kappa shape index (κ1) is 24.5. The van der Waals surface area contributed by atoms with Gasteiger partial charge in [0.15, 0.2) is 0 Å². The molecule has 2 N–H and O–H groups in total. The zero-order chi connectivity index (χ0) is 25.6. The Labute approximate surface area is 221 Å². The molecule has 3 fully saturated rings. The number of hydrogen-bond acceptors (Lipinski definition) is 2. The number of carbonyl (C=O) groups excluding carboxylic acids is 2. The Kier molecular flexibility index (Phi) is 6.25. The van der Waals surface area contributed by atoms with Crippen molar-refractivity contribution in [1.82, 2.24) is 10.6 Å². The van der Waals surface area contributed by atoms with Gasteiger partial charge in [-0.2, -0.15) is 0 Å². The molecule has 0 aromatic heterocycles. The van der Waals surface area contributed by atoms with Crippen LogP contribution in [0.15, 0.2) is 72.4 Å². The van der Waals surface area contributed by atoms with E-state index < -0.39 is 0 Å². The zero-order valence-electron chi connectivity index (χ0n) is 22.2. The summed E-state index contributed by atoms with van der Waals surface area (Å²) >= 11 is 0. The molecule has 0 bridgehead atoms. The van der Waals surface area contributed by atoms with Gasteiger partial charge in [0.1, 0.15) is 0 Å². The Bertz CT molecular complexity index is 1190. The smallest absolute Gasteiger partial charge is 0.224 e. The Morgan fingerprint density at radius 3 is 2.46 bits per heavy atom. The van der Waals surface area contributed by atoms with Crippen molar-refractivity contribution >= 4 is 11.8 Å². The summed E-state index contributed by atoms with van der Waals surface area (Å²) in [4.78, 5) is 26.1.